The van der Waals surface area contributed by atoms with Gasteiger partial charge in [-0.25, -0.2) is 4.79 Å². The minimum Gasteiger partial charge on any atom is -0.452 e. The standard InChI is InChI=1S/C15H17ClN2O4/c1-17(2)14(20)9-22-15(21)10-5-6-11(16)12(8-10)18-7-3-4-13(18)19/h5-6,8H,3-4,7,9H2,1-2H3. The Morgan fingerprint density at radius 1 is 1.36 bits per heavy atom. The van der Waals surface area contributed by atoms with Crippen LogP contribution in [0.1, 0.15) is 23.2 Å². The third-order valence-electron chi connectivity index (χ3n) is 3.37. The Balaban J connectivity index is 2.13. The van der Waals surface area contributed by atoms with E-state index in [0.29, 0.717) is 23.7 Å². The second kappa shape index (κ2) is 6.79. The number of carbonyl (C=O) groups excluding carboxylic acids is 3. The molecule has 2 amide bonds. The van der Waals surface area contributed by atoms with Crippen LogP contribution in [-0.2, 0) is 14.3 Å². The number of anilines is 1. The van der Waals surface area contributed by atoms with Crippen molar-refractivity contribution in [3.8, 4) is 0 Å². The number of carbonyl (C=O) groups is 3. The number of benzene rings is 1. The highest BCUT2D eigenvalue weighted by Crippen LogP contribution is 2.30. The summed E-state index contributed by atoms with van der Waals surface area (Å²) in [6, 6.07) is 4.58. The number of nitrogens with zero attached hydrogens (tertiary/aromatic N) is 2. The van der Waals surface area contributed by atoms with E-state index in [1.807, 2.05) is 0 Å². The predicted octanol–water partition coefficient (Wildman–Crippen LogP) is 1.71. The van der Waals surface area contributed by atoms with Gasteiger partial charge in [0, 0.05) is 27.1 Å². The zero-order valence-corrected chi connectivity index (χ0v) is 13.2. The van der Waals surface area contributed by atoms with Crippen LogP contribution >= 0.6 is 11.6 Å². The van der Waals surface area contributed by atoms with Gasteiger partial charge in [-0.1, -0.05) is 11.6 Å². The first kappa shape index (κ1) is 16.3. The summed E-state index contributed by atoms with van der Waals surface area (Å²) in [6.45, 7) is 0.253. The second-order valence-corrected chi connectivity index (χ2v) is 5.59. The van der Waals surface area contributed by atoms with E-state index in [2.05, 4.69) is 0 Å². The van der Waals surface area contributed by atoms with Crippen molar-refractivity contribution >= 4 is 35.1 Å². The van der Waals surface area contributed by atoms with Crippen LogP contribution in [0.3, 0.4) is 0 Å². The zero-order chi connectivity index (χ0) is 16.3. The van der Waals surface area contributed by atoms with Gasteiger partial charge in [-0.2, -0.15) is 0 Å². The quantitative estimate of drug-likeness (QED) is 0.791. The summed E-state index contributed by atoms with van der Waals surface area (Å²) in [5, 5.41) is 0.399. The van der Waals surface area contributed by atoms with Crippen LogP contribution in [0.25, 0.3) is 0 Å². The average Bonchev–Trinajstić information content (AvgIpc) is 2.90. The van der Waals surface area contributed by atoms with E-state index in [9.17, 15) is 14.4 Å². The highest BCUT2D eigenvalue weighted by Gasteiger charge is 2.24. The van der Waals surface area contributed by atoms with Gasteiger partial charge in [0.25, 0.3) is 5.91 Å². The number of halogens is 1. The zero-order valence-electron chi connectivity index (χ0n) is 12.5. The second-order valence-electron chi connectivity index (χ2n) is 5.18. The highest BCUT2D eigenvalue weighted by molar-refractivity contribution is 6.34. The minimum absolute atomic E-state index is 0.0183. The molecule has 2 rings (SSSR count). The minimum atomic E-state index is -0.625. The molecule has 22 heavy (non-hydrogen) atoms. The topological polar surface area (TPSA) is 66.9 Å². The Kier molecular flexibility index (Phi) is 5.03. The average molecular weight is 325 g/mol. The maximum absolute atomic E-state index is 12.0. The number of hydrogen-bond acceptors (Lipinski definition) is 4. The van der Waals surface area contributed by atoms with Gasteiger partial charge in [-0.15, -0.1) is 0 Å². The third-order valence-corrected chi connectivity index (χ3v) is 3.69. The number of esters is 1. The molecule has 0 radical (unpaired) electrons. The van der Waals surface area contributed by atoms with Crippen LogP contribution in [0.2, 0.25) is 5.02 Å². The molecule has 7 heteroatoms. The monoisotopic (exact) mass is 324 g/mol. The maximum Gasteiger partial charge on any atom is 0.338 e. The Morgan fingerprint density at radius 3 is 2.68 bits per heavy atom. The molecule has 118 valence electrons. The van der Waals surface area contributed by atoms with Crippen LogP contribution in [0.4, 0.5) is 5.69 Å². The Labute approximate surface area is 133 Å². The van der Waals surface area contributed by atoms with E-state index in [1.54, 1.807) is 25.1 Å². The number of amides is 2. The highest BCUT2D eigenvalue weighted by atomic mass is 35.5. The van der Waals surface area contributed by atoms with Gasteiger partial charge in [0.15, 0.2) is 6.61 Å². The molecular formula is C15H17ClN2O4. The first-order valence-electron chi connectivity index (χ1n) is 6.87. The van der Waals surface area contributed by atoms with Crippen molar-refractivity contribution in [3.63, 3.8) is 0 Å². The van der Waals surface area contributed by atoms with Crippen molar-refractivity contribution in [2.75, 3.05) is 32.1 Å². The Morgan fingerprint density at radius 2 is 2.09 bits per heavy atom. The molecule has 0 saturated carbocycles. The molecule has 1 heterocycles. The van der Waals surface area contributed by atoms with Crippen LogP contribution < -0.4 is 4.90 Å². The molecule has 0 aliphatic carbocycles. The number of ether oxygens (including phenoxy) is 1. The molecule has 0 aromatic heterocycles. The fraction of sp³-hybridized carbons (Fsp3) is 0.400. The lowest BCUT2D eigenvalue weighted by Crippen LogP contribution is -2.27. The van der Waals surface area contributed by atoms with Gasteiger partial charge in [-0.3, -0.25) is 9.59 Å². The summed E-state index contributed by atoms with van der Waals surface area (Å²) >= 11 is 6.11. The SMILES string of the molecule is CN(C)C(=O)COC(=O)c1ccc(Cl)c(N2CCCC2=O)c1. The van der Waals surface area contributed by atoms with E-state index in [4.69, 9.17) is 16.3 Å². The normalized spacial score (nSPS) is 14.1. The van der Waals surface area contributed by atoms with E-state index < -0.39 is 5.97 Å². The largest absolute Gasteiger partial charge is 0.452 e. The van der Waals surface area contributed by atoms with Crippen molar-refractivity contribution < 1.29 is 19.1 Å². The Hall–Kier alpha value is -2.08. The fourth-order valence-corrected chi connectivity index (χ4v) is 2.31. The summed E-state index contributed by atoms with van der Waals surface area (Å²) < 4.78 is 4.96. The summed E-state index contributed by atoms with van der Waals surface area (Å²) in [4.78, 5) is 38.1. The molecule has 0 bridgehead atoms. The number of hydrogen-bond donors (Lipinski definition) is 0. The van der Waals surface area contributed by atoms with Gasteiger partial charge in [0.1, 0.15) is 0 Å². The van der Waals surface area contributed by atoms with Gasteiger partial charge in [0.05, 0.1) is 16.3 Å². The van der Waals surface area contributed by atoms with Gasteiger partial charge >= 0.3 is 5.97 Å². The van der Waals surface area contributed by atoms with Crippen molar-refractivity contribution in [2.45, 2.75) is 12.8 Å². The molecule has 1 saturated heterocycles. The Bertz CT molecular complexity index is 616. The van der Waals surface area contributed by atoms with E-state index in [-0.39, 0.29) is 24.0 Å². The molecule has 0 N–H and O–H groups in total. The molecule has 0 spiro atoms. The fourth-order valence-electron chi connectivity index (χ4n) is 2.09. The molecule has 0 atom stereocenters. The van der Waals surface area contributed by atoms with Crippen molar-refractivity contribution in [1.82, 2.24) is 4.90 Å². The smallest absolute Gasteiger partial charge is 0.338 e. The van der Waals surface area contributed by atoms with Crippen LogP contribution in [0, 0.1) is 0 Å². The van der Waals surface area contributed by atoms with Crippen molar-refractivity contribution in [2.24, 2.45) is 0 Å². The molecule has 6 nitrogen and oxygen atoms in total. The number of rotatable bonds is 4. The summed E-state index contributed by atoms with van der Waals surface area (Å²) in [5.41, 5.74) is 0.753. The summed E-state index contributed by atoms with van der Waals surface area (Å²) in [6.07, 6.45) is 1.24. The molecule has 1 aliphatic heterocycles. The molecule has 1 aromatic carbocycles. The lowest BCUT2D eigenvalue weighted by molar-refractivity contribution is -0.132. The lowest BCUT2D eigenvalue weighted by Gasteiger charge is -2.18. The van der Waals surface area contributed by atoms with Crippen LogP contribution in [0.5, 0.6) is 0 Å². The lowest BCUT2D eigenvalue weighted by atomic mass is 10.2. The van der Waals surface area contributed by atoms with Crippen LogP contribution in [0.15, 0.2) is 18.2 Å². The molecular weight excluding hydrogens is 308 g/mol. The van der Waals surface area contributed by atoms with Crippen molar-refractivity contribution in [3.05, 3.63) is 28.8 Å². The first-order chi connectivity index (χ1) is 10.4. The van der Waals surface area contributed by atoms with Gasteiger partial charge < -0.3 is 14.5 Å². The van der Waals surface area contributed by atoms with Gasteiger partial charge in [0.2, 0.25) is 5.91 Å². The maximum atomic E-state index is 12.0. The van der Waals surface area contributed by atoms with Crippen LogP contribution in [-0.4, -0.2) is 49.9 Å². The molecule has 0 unspecified atom stereocenters. The van der Waals surface area contributed by atoms with E-state index in [1.165, 1.54) is 17.0 Å². The van der Waals surface area contributed by atoms with E-state index >= 15 is 0 Å². The van der Waals surface area contributed by atoms with E-state index in [0.717, 1.165) is 6.42 Å². The predicted molar refractivity (Wildman–Crippen MR) is 82.0 cm³/mol. The molecule has 1 aliphatic rings. The summed E-state index contributed by atoms with van der Waals surface area (Å²) in [5.74, 6) is -0.952. The molecule has 1 aromatic rings. The van der Waals surface area contributed by atoms with Crippen molar-refractivity contribution in [1.29, 1.82) is 0 Å². The third kappa shape index (κ3) is 3.57. The number of likely N-dealkylation sites (N-methyl/N-ethyl adjacent to an activating group) is 1. The summed E-state index contributed by atoms with van der Waals surface area (Å²) in [7, 11) is 3.16. The van der Waals surface area contributed by atoms with Gasteiger partial charge in [-0.05, 0) is 24.6 Å². The first-order valence-corrected chi connectivity index (χ1v) is 7.25. The molecule has 1 fully saturated rings.